The first-order valence-corrected chi connectivity index (χ1v) is 8.18. The number of imidazole rings is 1. The van der Waals surface area contributed by atoms with Crippen LogP contribution in [0.4, 0.5) is 32.3 Å². The van der Waals surface area contributed by atoms with Gasteiger partial charge in [-0.2, -0.15) is 31.3 Å². The van der Waals surface area contributed by atoms with E-state index in [1.54, 1.807) is 0 Å². The highest BCUT2D eigenvalue weighted by molar-refractivity contribution is 5.71. The average Bonchev–Trinajstić information content (AvgIpc) is 3.07. The van der Waals surface area contributed by atoms with Crippen molar-refractivity contribution in [2.24, 2.45) is 0 Å². The van der Waals surface area contributed by atoms with Crippen molar-refractivity contribution in [1.82, 2.24) is 19.1 Å². The first-order chi connectivity index (χ1) is 13.3. The zero-order valence-electron chi connectivity index (χ0n) is 14.4. The zero-order chi connectivity index (χ0) is 21.7. The Kier molecular flexibility index (Phi) is 5.25. The molecule has 0 unspecified atom stereocenters. The summed E-state index contributed by atoms with van der Waals surface area (Å²) in [5.41, 5.74) is 3.83. The van der Waals surface area contributed by atoms with E-state index in [2.05, 4.69) is 9.97 Å². The number of fused-ring (bicyclic) bond motifs is 1. The van der Waals surface area contributed by atoms with E-state index in [9.17, 15) is 41.4 Å². The third-order valence-electron chi connectivity index (χ3n) is 4.40. The van der Waals surface area contributed by atoms with Gasteiger partial charge in [0.15, 0.2) is 18.0 Å². The molecule has 2 aromatic heterocycles. The molecule has 2 aromatic rings. The topological polar surface area (TPSA) is 128 Å². The van der Waals surface area contributed by atoms with Gasteiger partial charge in [-0.05, 0) is 0 Å². The lowest BCUT2D eigenvalue weighted by molar-refractivity contribution is -0.237. The molecule has 0 saturated carbocycles. The summed E-state index contributed by atoms with van der Waals surface area (Å²) in [4.78, 5) is 20.1. The Hall–Kier alpha value is -2.39. The Morgan fingerprint density at radius 1 is 1.31 bits per heavy atom. The largest absolute Gasteiger partial charge is 0.416 e. The van der Waals surface area contributed by atoms with Gasteiger partial charge in [-0.15, -0.1) is 0 Å². The first kappa shape index (κ1) is 21.3. The van der Waals surface area contributed by atoms with Gasteiger partial charge in [0.25, 0.3) is 0 Å². The van der Waals surface area contributed by atoms with E-state index >= 15 is 0 Å². The molecule has 0 spiro atoms. The number of aromatic nitrogens is 4. The van der Waals surface area contributed by atoms with Gasteiger partial charge in [-0.25, -0.2) is 14.3 Å². The van der Waals surface area contributed by atoms with Crippen molar-refractivity contribution in [2.45, 2.75) is 56.3 Å². The predicted molar refractivity (Wildman–Crippen MR) is 83.5 cm³/mol. The Bertz CT molecular complexity index is 955. The molecule has 15 heteroatoms. The summed E-state index contributed by atoms with van der Waals surface area (Å²) in [5.74, 6) is -0.362. The number of ether oxygens (including phenoxy) is 1. The molecule has 9 nitrogen and oxygen atoms in total. The van der Waals surface area contributed by atoms with Crippen LogP contribution in [-0.2, 0) is 11.3 Å². The molecule has 4 N–H and O–H groups in total. The zero-order valence-corrected chi connectivity index (χ0v) is 14.4. The van der Waals surface area contributed by atoms with Gasteiger partial charge >= 0.3 is 18.0 Å². The number of nitrogen functional groups attached to an aromatic ring is 1. The summed E-state index contributed by atoms with van der Waals surface area (Å²) in [6.45, 7) is -0.823. The van der Waals surface area contributed by atoms with E-state index in [1.165, 1.54) is 0 Å². The number of aryl methyl sites for hydroxylation is 1. The number of aliphatic hydroxyl groups is 2. The monoisotopic (exact) mass is 431 g/mol. The molecule has 0 aromatic carbocycles. The number of alkyl halides is 6. The number of hydrogen-bond donors (Lipinski definition) is 3. The number of hydrogen-bond acceptors (Lipinski definition) is 7. The van der Waals surface area contributed by atoms with Gasteiger partial charge in [0.05, 0.1) is 18.7 Å². The SMILES string of the molecule is Nc1ncc2c(n1)n([C@@H]1O[C@H]([C@@H](O)C(F)(F)F)C[C@H]1O)c(=O)n2CCC(F)(F)F. The van der Waals surface area contributed by atoms with E-state index < -0.39 is 62.0 Å². The minimum absolute atomic E-state index is 0.177. The van der Waals surface area contributed by atoms with Gasteiger partial charge in [-0.1, -0.05) is 0 Å². The maximum Gasteiger partial charge on any atom is 0.416 e. The van der Waals surface area contributed by atoms with Crippen LogP contribution >= 0.6 is 0 Å². The van der Waals surface area contributed by atoms with Crippen molar-refractivity contribution >= 4 is 17.1 Å². The fourth-order valence-electron chi connectivity index (χ4n) is 3.08. The summed E-state index contributed by atoms with van der Waals surface area (Å²) in [7, 11) is 0. The molecular formula is C14H15F6N5O4. The van der Waals surface area contributed by atoms with Gasteiger partial charge in [0.2, 0.25) is 5.95 Å². The minimum atomic E-state index is -5.04. The van der Waals surface area contributed by atoms with Crippen molar-refractivity contribution in [3.8, 4) is 0 Å². The van der Waals surface area contributed by atoms with Crippen molar-refractivity contribution in [2.75, 3.05) is 5.73 Å². The molecule has 1 aliphatic rings. The standard InChI is InChI=1S/C14H15F6N5O4/c15-13(16,17)1-2-24-5-4-22-11(21)23-9(5)25(12(24)28)10-6(26)3-7(29-10)8(27)14(18,19)20/h4,6-8,10,26-27H,1-3H2,(H2,21,22,23)/t6-,7+,8-,10-/m1/s1. The van der Waals surface area contributed by atoms with Crippen molar-refractivity contribution < 1.29 is 41.3 Å². The van der Waals surface area contributed by atoms with Crippen LogP contribution in [0.2, 0.25) is 0 Å². The van der Waals surface area contributed by atoms with Crippen LogP contribution in [-0.4, -0.2) is 60.0 Å². The van der Waals surface area contributed by atoms with Gasteiger partial charge in [0, 0.05) is 13.0 Å². The van der Waals surface area contributed by atoms with Gasteiger partial charge < -0.3 is 20.7 Å². The fourth-order valence-corrected chi connectivity index (χ4v) is 3.08. The molecule has 3 heterocycles. The molecule has 1 aliphatic heterocycles. The van der Waals surface area contributed by atoms with E-state index in [0.29, 0.717) is 9.13 Å². The third-order valence-corrected chi connectivity index (χ3v) is 4.40. The second-order valence-electron chi connectivity index (χ2n) is 6.46. The normalized spacial score (nSPS) is 24.3. The number of nitrogens with zero attached hydrogens (tertiary/aromatic N) is 4. The molecule has 0 amide bonds. The highest BCUT2D eigenvalue weighted by Crippen LogP contribution is 2.36. The Labute approximate surface area is 157 Å². The summed E-state index contributed by atoms with van der Waals surface area (Å²) in [6, 6.07) is 0. The lowest BCUT2D eigenvalue weighted by atomic mass is 10.1. The van der Waals surface area contributed by atoms with E-state index in [4.69, 9.17) is 10.5 Å². The lowest BCUT2D eigenvalue weighted by Gasteiger charge is -2.21. The Morgan fingerprint density at radius 3 is 2.55 bits per heavy atom. The highest BCUT2D eigenvalue weighted by atomic mass is 19.4. The number of nitrogens with two attached hydrogens (primary N) is 1. The quantitative estimate of drug-likeness (QED) is 0.608. The predicted octanol–water partition coefficient (Wildman–Crippen LogP) is 0.699. The second kappa shape index (κ2) is 7.14. The minimum Gasteiger partial charge on any atom is -0.388 e. The van der Waals surface area contributed by atoms with Crippen LogP contribution in [0.5, 0.6) is 0 Å². The van der Waals surface area contributed by atoms with Gasteiger partial charge in [-0.3, -0.25) is 4.57 Å². The maximum atomic E-state index is 12.7. The van der Waals surface area contributed by atoms with Crippen LogP contribution in [0.15, 0.2) is 11.0 Å². The van der Waals surface area contributed by atoms with E-state index in [0.717, 1.165) is 6.20 Å². The van der Waals surface area contributed by atoms with Crippen LogP contribution < -0.4 is 11.4 Å². The summed E-state index contributed by atoms with van der Waals surface area (Å²) in [6.07, 6.45) is -18.9. The third kappa shape index (κ3) is 4.16. The van der Waals surface area contributed by atoms with Crippen LogP contribution in [0.25, 0.3) is 11.2 Å². The Balaban J connectivity index is 2.04. The average molecular weight is 431 g/mol. The molecule has 162 valence electrons. The molecule has 3 rings (SSSR count). The highest BCUT2D eigenvalue weighted by Gasteiger charge is 2.50. The maximum absolute atomic E-state index is 12.7. The van der Waals surface area contributed by atoms with Crippen molar-refractivity contribution in [3.63, 3.8) is 0 Å². The number of rotatable bonds is 4. The molecule has 0 bridgehead atoms. The molecular weight excluding hydrogens is 416 g/mol. The fraction of sp³-hybridized carbons (Fsp3) is 0.643. The number of anilines is 1. The first-order valence-electron chi connectivity index (χ1n) is 8.18. The van der Waals surface area contributed by atoms with Crippen molar-refractivity contribution in [1.29, 1.82) is 0 Å². The molecule has 4 atom stereocenters. The Morgan fingerprint density at radius 2 is 1.97 bits per heavy atom. The second-order valence-corrected chi connectivity index (χ2v) is 6.46. The lowest BCUT2D eigenvalue weighted by Crippen LogP contribution is -2.40. The molecule has 0 aliphatic carbocycles. The molecule has 1 fully saturated rings. The van der Waals surface area contributed by atoms with Crippen LogP contribution in [0.3, 0.4) is 0 Å². The molecule has 1 saturated heterocycles. The van der Waals surface area contributed by atoms with Gasteiger partial charge in [0.1, 0.15) is 11.6 Å². The summed E-state index contributed by atoms with van der Waals surface area (Å²) < 4.78 is 82.3. The van der Waals surface area contributed by atoms with Crippen LogP contribution in [0, 0.1) is 0 Å². The van der Waals surface area contributed by atoms with Crippen LogP contribution in [0.1, 0.15) is 19.1 Å². The molecule has 0 radical (unpaired) electrons. The summed E-state index contributed by atoms with van der Waals surface area (Å²) in [5, 5.41) is 19.5. The number of aliphatic hydroxyl groups excluding tert-OH is 2. The summed E-state index contributed by atoms with van der Waals surface area (Å²) >= 11 is 0. The van der Waals surface area contributed by atoms with Crippen molar-refractivity contribution in [3.05, 3.63) is 16.7 Å². The van der Waals surface area contributed by atoms with E-state index in [-0.39, 0.29) is 17.1 Å². The molecule has 29 heavy (non-hydrogen) atoms. The smallest absolute Gasteiger partial charge is 0.388 e. The number of halogens is 6. The van der Waals surface area contributed by atoms with E-state index in [1.807, 2.05) is 0 Å².